The molecule has 0 unspecified atom stereocenters. The Hall–Kier alpha value is -1.88. The van der Waals surface area contributed by atoms with E-state index >= 15 is 0 Å². The summed E-state index contributed by atoms with van der Waals surface area (Å²) in [7, 11) is 0. The minimum atomic E-state index is -0.521. The zero-order valence-electron chi connectivity index (χ0n) is 15.0. The maximum absolute atomic E-state index is 10.8. The highest BCUT2D eigenvalue weighted by Crippen LogP contribution is 2.37. The summed E-state index contributed by atoms with van der Waals surface area (Å²) in [4.78, 5) is 0. The van der Waals surface area contributed by atoms with E-state index in [1.165, 1.54) is 19.3 Å². The Morgan fingerprint density at radius 1 is 1.04 bits per heavy atom. The third-order valence-electron chi connectivity index (χ3n) is 5.78. The number of ether oxygens (including phenoxy) is 1. The summed E-state index contributed by atoms with van der Waals surface area (Å²) in [5, 5.41) is 24.4. The molecule has 0 bridgehead atoms. The van der Waals surface area contributed by atoms with Crippen LogP contribution in [0.1, 0.15) is 54.0 Å². The predicted octanol–water partition coefficient (Wildman–Crippen LogP) is 3.25. The third-order valence-corrected chi connectivity index (χ3v) is 5.78. The molecule has 0 saturated heterocycles. The van der Waals surface area contributed by atoms with Crippen molar-refractivity contribution in [2.24, 2.45) is 0 Å². The van der Waals surface area contributed by atoms with Crippen molar-refractivity contribution in [3.05, 3.63) is 64.7 Å². The number of nitrogens with one attached hydrogen (secondary N) is 1. The Morgan fingerprint density at radius 2 is 1.85 bits per heavy atom. The number of rotatable bonds is 6. The van der Waals surface area contributed by atoms with Gasteiger partial charge in [0.05, 0.1) is 12.7 Å². The smallest absolute Gasteiger partial charge is 0.125 e. The van der Waals surface area contributed by atoms with E-state index in [2.05, 4.69) is 5.32 Å². The molecule has 2 atom stereocenters. The van der Waals surface area contributed by atoms with Crippen LogP contribution in [0, 0.1) is 0 Å². The van der Waals surface area contributed by atoms with Crippen LogP contribution in [0.25, 0.3) is 0 Å². The molecule has 0 radical (unpaired) electrons. The molecule has 0 aromatic heterocycles. The van der Waals surface area contributed by atoms with Gasteiger partial charge in [-0.15, -0.1) is 0 Å². The van der Waals surface area contributed by atoms with Crippen molar-refractivity contribution in [3.63, 3.8) is 0 Å². The summed E-state index contributed by atoms with van der Waals surface area (Å²) >= 11 is 0. The van der Waals surface area contributed by atoms with Crippen LogP contribution in [0.2, 0.25) is 0 Å². The fourth-order valence-electron chi connectivity index (χ4n) is 4.03. The number of hydrogen-bond donors (Lipinski definition) is 3. The lowest BCUT2D eigenvalue weighted by Crippen LogP contribution is -2.47. The molecule has 0 amide bonds. The lowest BCUT2D eigenvalue weighted by Gasteiger charge is -2.37. The Balaban J connectivity index is 1.52. The summed E-state index contributed by atoms with van der Waals surface area (Å²) in [6.45, 7) is 0.405. The lowest BCUT2D eigenvalue weighted by molar-refractivity contribution is 0.0984. The minimum absolute atomic E-state index is 0.0687. The first-order valence-corrected chi connectivity index (χ1v) is 9.62. The fourth-order valence-corrected chi connectivity index (χ4v) is 4.03. The Bertz CT molecular complexity index is 743. The Kier molecular flexibility index (Phi) is 5.25. The first-order valence-electron chi connectivity index (χ1n) is 9.62. The van der Waals surface area contributed by atoms with Crippen molar-refractivity contribution in [3.8, 4) is 5.75 Å². The number of hydrogen-bond acceptors (Lipinski definition) is 4. The monoisotopic (exact) mass is 353 g/mol. The van der Waals surface area contributed by atoms with Crippen LogP contribution in [0.15, 0.2) is 42.5 Å². The zero-order chi connectivity index (χ0) is 17.9. The summed E-state index contributed by atoms with van der Waals surface area (Å²) in [5.74, 6) is 0.715. The molecule has 26 heavy (non-hydrogen) atoms. The number of aliphatic hydroxyl groups is 2. The standard InChI is InChI=1S/C22H27NO3/c24-13-19-17-9-11-20(23-16-7-4-8-16)22(25)18(17)10-12-21(19)26-14-15-5-2-1-3-6-15/h1-3,5-6,10,12,16,20,22-25H,4,7-9,11,13-14H2/t20-,22-/m0/s1. The van der Waals surface area contributed by atoms with Crippen molar-refractivity contribution < 1.29 is 14.9 Å². The largest absolute Gasteiger partial charge is 0.489 e. The van der Waals surface area contributed by atoms with Crippen molar-refractivity contribution in [2.75, 3.05) is 0 Å². The minimum Gasteiger partial charge on any atom is -0.489 e. The first kappa shape index (κ1) is 17.5. The predicted molar refractivity (Wildman–Crippen MR) is 101 cm³/mol. The van der Waals surface area contributed by atoms with Crippen LogP contribution in [-0.4, -0.2) is 22.3 Å². The number of fused-ring (bicyclic) bond motifs is 1. The molecule has 2 aromatic rings. The quantitative estimate of drug-likeness (QED) is 0.746. The second-order valence-corrected chi connectivity index (χ2v) is 7.43. The normalized spacial score (nSPS) is 22.5. The molecule has 3 N–H and O–H groups in total. The van der Waals surface area contributed by atoms with E-state index in [-0.39, 0.29) is 12.6 Å². The fraction of sp³-hybridized carbons (Fsp3) is 0.455. The van der Waals surface area contributed by atoms with E-state index < -0.39 is 6.10 Å². The van der Waals surface area contributed by atoms with Gasteiger partial charge in [0, 0.05) is 17.6 Å². The van der Waals surface area contributed by atoms with Crippen LogP contribution >= 0.6 is 0 Å². The highest BCUT2D eigenvalue weighted by Gasteiger charge is 2.32. The molecule has 1 fully saturated rings. The maximum Gasteiger partial charge on any atom is 0.125 e. The SMILES string of the molecule is OCc1c(OCc2ccccc2)ccc2c1CC[C@H](NC1CCC1)[C@H]2O. The molecular formula is C22H27NO3. The van der Waals surface area contributed by atoms with Gasteiger partial charge in [0.15, 0.2) is 0 Å². The highest BCUT2D eigenvalue weighted by molar-refractivity contribution is 5.47. The van der Waals surface area contributed by atoms with Gasteiger partial charge in [-0.1, -0.05) is 42.8 Å². The van der Waals surface area contributed by atoms with Crippen molar-refractivity contribution in [1.82, 2.24) is 5.32 Å². The molecule has 2 aromatic carbocycles. The van der Waals surface area contributed by atoms with E-state index in [1.807, 2.05) is 42.5 Å². The van der Waals surface area contributed by atoms with Gasteiger partial charge < -0.3 is 20.3 Å². The molecule has 0 heterocycles. The average molecular weight is 353 g/mol. The highest BCUT2D eigenvalue weighted by atomic mass is 16.5. The Labute approximate surface area is 154 Å². The molecular weight excluding hydrogens is 326 g/mol. The number of aliphatic hydroxyl groups excluding tert-OH is 2. The van der Waals surface area contributed by atoms with Gasteiger partial charge in [-0.05, 0) is 48.4 Å². The molecule has 1 saturated carbocycles. The summed E-state index contributed by atoms with van der Waals surface area (Å²) < 4.78 is 5.98. The topological polar surface area (TPSA) is 61.7 Å². The van der Waals surface area contributed by atoms with Crippen LogP contribution in [0.3, 0.4) is 0 Å². The zero-order valence-corrected chi connectivity index (χ0v) is 15.0. The molecule has 2 aliphatic carbocycles. The molecule has 0 aliphatic heterocycles. The van der Waals surface area contributed by atoms with Crippen LogP contribution in [0.4, 0.5) is 0 Å². The molecule has 4 rings (SSSR count). The van der Waals surface area contributed by atoms with E-state index in [9.17, 15) is 10.2 Å². The summed E-state index contributed by atoms with van der Waals surface area (Å²) in [5.41, 5.74) is 3.90. The van der Waals surface area contributed by atoms with Gasteiger partial charge in [-0.25, -0.2) is 0 Å². The summed E-state index contributed by atoms with van der Waals surface area (Å²) in [6.07, 6.45) is 4.94. The lowest BCUT2D eigenvalue weighted by atomic mass is 9.81. The molecule has 2 aliphatic rings. The van der Waals surface area contributed by atoms with Gasteiger partial charge in [0.1, 0.15) is 12.4 Å². The van der Waals surface area contributed by atoms with E-state index in [0.717, 1.165) is 35.1 Å². The van der Waals surface area contributed by atoms with Gasteiger partial charge in [-0.2, -0.15) is 0 Å². The van der Waals surface area contributed by atoms with E-state index in [4.69, 9.17) is 4.74 Å². The van der Waals surface area contributed by atoms with Gasteiger partial charge in [0.25, 0.3) is 0 Å². The van der Waals surface area contributed by atoms with Crippen LogP contribution in [-0.2, 0) is 19.6 Å². The maximum atomic E-state index is 10.8. The average Bonchev–Trinajstić information content (AvgIpc) is 2.64. The molecule has 138 valence electrons. The van der Waals surface area contributed by atoms with Crippen LogP contribution < -0.4 is 10.1 Å². The van der Waals surface area contributed by atoms with Crippen molar-refractivity contribution >= 4 is 0 Å². The Morgan fingerprint density at radius 3 is 2.54 bits per heavy atom. The molecule has 0 spiro atoms. The molecule has 4 nitrogen and oxygen atoms in total. The first-order chi connectivity index (χ1) is 12.8. The summed E-state index contributed by atoms with van der Waals surface area (Å²) in [6, 6.07) is 14.5. The van der Waals surface area contributed by atoms with E-state index in [0.29, 0.717) is 18.4 Å². The number of benzene rings is 2. The van der Waals surface area contributed by atoms with Crippen molar-refractivity contribution in [1.29, 1.82) is 0 Å². The van der Waals surface area contributed by atoms with Gasteiger partial charge in [-0.3, -0.25) is 0 Å². The second-order valence-electron chi connectivity index (χ2n) is 7.43. The van der Waals surface area contributed by atoms with E-state index in [1.54, 1.807) is 0 Å². The second kappa shape index (κ2) is 7.78. The van der Waals surface area contributed by atoms with Gasteiger partial charge in [0.2, 0.25) is 0 Å². The third kappa shape index (κ3) is 3.50. The van der Waals surface area contributed by atoms with Crippen LogP contribution in [0.5, 0.6) is 5.75 Å². The van der Waals surface area contributed by atoms with Crippen molar-refractivity contribution in [2.45, 2.75) is 63.5 Å². The van der Waals surface area contributed by atoms with Gasteiger partial charge >= 0.3 is 0 Å². The molecule has 4 heteroatoms.